The predicted molar refractivity (Wildman–Crippen MR) is 189 cm³/mol. The van der Waals surface area contributed by atoms with Crippen LogP contribution in [-0.2, 0) is 0 Å². The molecular weight excluding hydrogens is 532 g/mol. The third kappa shape index (κ3) is 5.85. The van der Waals surface area contributed by atoms with E-state index in [9.17, 15) is 0 Å². The lowest BCUT2D eigenvalue weighted by Crippen LogP contribution is -2.46. The zero-order chi connectivity index (χ0) is 31.1. The molecule has 2 heterocycles. The van der Waals surface area contributed by atoms with Crippen molar-refractivity contribution in [3.05, 3.63) is 35.6 Å². The fraction of sp³-hybridized carbons (Fsp3) is 0.833. The molecule has 0 aromatic carbocycles. The van der Waals surface area contributed by atoms with Gasteiger partial charge in [-0.1, -0.05) is 96.8 Å². The summed E-state index contributed by atoms with van der Waals surface area (Å²) in [6.07, 6.45) is 33.0. The fourth-order valence-corrected chi connectivity index (χ4v) is 12.3. The molecule has 2 heteroatoms. The average Bonchev–Trinajstić information content (AvgIpc) is 3.38. The first kappa shape index (κ1) is 32.6. The van der Waals surface area contributed by atoms with E-state index in [0.717, 1.165) is 47.6 Å². The maximum atomic E-state index is 2.92. The summed E-state index contributed by atoms with van der Waals surface area (Å²) in [7, 11) is 0. The Bertz CT molecular complexity index is 1130. The van der Waals surface area contributed by atoms with Gasteiger partial charge >= 0.3 is 0 Å². The zero-order valence-electron chi connectivity index (χ0n) is 30.1. The minimum atomic E-state index is 0.269. The molecule has 8 atom stereocenters. The molecule has 4 saturated carbocycles. The molecule has 246 valence electrons. The smallest absolute Gasteiger partial charge is 0.182 e. The van der Waals surface area contributed by atoms with Gasteiger partial charge in [-0.3, -0.25) is 0 Å². The Kier molecular flexibility index (Phi) is 9.96. The van der Waals surface area contributed by atoms with E-state index < -0.39 is 0 Å². The van der Waals surface area contributed by atoms with Gasteiger partial charge in [-0.25, -0.2) is 4.58 Å². The second-order valence-corrected chi connectivity index (χ2v) is 17.5. The van der Waals surface area contributed by atoms with E-state index in [0.29, 0.717) is 0 Å². The topological polar surface area (TPSA) is 6.25 Å². The fourth-order valence-electron chi connectivity index (χ4n) is 12.3. The Labute approximate surface area is 272 Å². The summed E-state index contributed by atoms with van der Waals surface area (Å²) >= 11 is 0. The number of likely N-dealkylation sites (tertiary alicyclic amines) is 1. The van der Waals surface area contributed by atoms with E-state index in [4.69, 9.17) is 0 Å². The van der Waals surface area contributed by atoms with Crippen LogP contribution >= 0.6 is 0 Å². The van der Waals surface area contributed by atoms with Gasteiger partial charge in [0.25, 0.3) is 0 Å². The number of hydrogen-bond acceptors (Lipinski definition) is 1. The van der Waals surface area contributed by atoms with Crippen LogP contribution in [0.4, 0.5) is 0 Å². The van der Waals surface area contributed by atoms with Crippen molar-refractivity contribution in [1.82, 2.24) is 4.90 Å². The van der Waals surface area contributed by atoms with Gasteiger partial charge in [0.2, 0.25) is 0 Å². The molecule has 0 amide bonds. The van der Waals surface area contributed by atoms with Crippen LogP contribution in [0.1, 0.15) is 151 Å². The third-order valence-corrected chi connectivity index (χ3v) is 14.3. The van der Waals surface area contributed by atoms with Crippen molar-refractivity contribution in [2.24, 2.45) is 46.3 Å². The number of rotatable bonds is 9. The second kappa shape index (κ2) is 13.4. The van der Waals surface area contributed by atoms with Crippen LogP contribution in [-0.4, -0.2) is 40.4 Å². The Morgan fingerprint density at radius 3 is 2.09 bits per heavy atom. The maximum Gasteiger partial charge on any atom is 0.182 e. The van der Waals surface area contributed by atoms with Gasteiger partial charge < -0.3 is 4.90 Å². The Hall–Kier alpha value is -1.31. The second-order valence-electron chi connectivity index (χ2n) is 17.5. The van der Waals surface area contributed by atoms with Crippen molar-refractivity contribution in [3.63, 3.8) is 0 Å². The van der Waals surface area contributed by atoms with E-state index in [1.807, 2.05) is 0 Å². The Morgan fingerprint density at radius 2 is 1.41 bits per heavy atom. The molecule has 2 nitrogen and oxygen atoms in total. The van der Waals surface area contributed by atoms with E-state index in [2.05, 4.69) is 82.2 Å². The Balaban J connectivity index is 1.28. The van der Waals surface area contributed by atoms with Gasteiger partial charge in [0.15, 0.2) is 11.8 Å². The van der Waals surface area contributed by atoms with E-state index in [1.165, 1.54) is 121 Å². The highest BCUT2D eigenvalue weighted by molar-refractivity contribution is 5.97. The van der Waals surface area contributed by atoms with Crippen LogP contribution < -0.4 is 0 Å². The largest absolute Gasteiger partial charge is 0.371 e. The van der Waals surface area contributed by atoms with Crippen LogP contribution in [0.15, 0.2) is 35.6 Å². The number of unbranched alkanes of at least 4 members (excludes halogenated alkanes) is 2. The highest BCUT2D eigenvalue weighted by atomic mass is 15.2. The first-order valence-electron chi connectivity index (χ1n) is 19.7. The van der Waals surface area contributed by atoms with Crippen molar-refractivity contribution in [3.8, 4) is 0 Å². The molecule has 6 rings (SSSR count). The zero-order valence-corrected chi connectivity index (χ0v) is 30.1. The van der Waals surface area contributed by atoms with E-state index in [-0.39, 0.29) is 10.8 Å². The van der Waals surface area contributed by atoms with E-state index in [1.54, 1.807) is 11.4 Å². The first-order chi connectivity index (χ1) is 21.2. The van der Waals surface area contributed by atoms with Crippen molar-refractivity contribution >= 4 is 5.71 Å². The van der Waals surface area contributed by atoms with Gasteiger partial charge in [-0.2, -0.15) is 0 Å². The predicted octanol–water partition coefficient (Wildman–Crippen LogP) is 11.0. The van der Waals surface area contributed by atoms with E-state index >= 15 is 0 Å². The summed E-state index contributed by atoms with van der Waals surface area (Å²) in [6, 6.07) is 1.53. The normalized spacial score (nSPS) is 39.0. The molecule has 6 aliphatic rings. The highest BCUT2D eigenvalue weighted by Gasteiger charge is 2.60. The summed E-state index contributed by atoms with van der Waals surface area (Å²) in [5, 5.41) is 0. The molecule has 0 aromatic heterocycles. The first-order valence-corrected chi connectivity index (χ1v) is 19.7. The van der Waals surface area contributed by atoms with Gasteiger partial charge in [0.1, 0.15) is 6.54 Å². The van der Waals surface area contributed by atoms with Crippen molar-refractivity contribution in [1.29, 1.82) is 0 Å². The Morgan fingerprint density at radius 1 is 0.773 bits per heavy atom. The standard InChI is InChI=1S/C42H69N2/c1-8-10-28-43-35-24-22-31-16-12-14-18-33(31)39(35)41(4,5)37(43)26-20-30(3)21-27-38-42(6,7)40-34-19-15-13-17-32(34)23-25-36(40)44(38)29-11-9-2/h20-21,26-27,31-36,39-40H,8-19,22-25,28-29H2,1-7H3/q+1. The third-order valence-electron chi connectivity index (χ3n) is 14.3. The van der Waals surface area contributed by atoms with Crippen molar-refractivity contribution in [2.75, 3.05) is 13.1 Å². The number of nitrogens with zero attached hydrogens (tertiary/aromatic N) is 2. The lowest BCUT2D eigenvalue weighted by Gasteiger charge is -2.47. The SMILES string of the molecule is CCCCN1\C(=C/C=C(C)/C=C/C2=[N+](CCCC)C3CCC4CCCCC4C3C2(C)C)C(C)(C)C2C3CCCCC3CCC21. The summed E-state index contributed by atoms with van der Waals surface area (Å²) < 4.78 is 2.92. The number of allylic oxidation sites excluding steroid dienone is 6. The molecule has 2 aliphatic heterocycles. The average molecular weight is 602 g/mol. The molecule has 4 aliphatic carbocycles. The molecule has 0 N–H and O–H groups in total. The molecule has 8 unspecified atom stereocenters. The van der Waals surface area contributed by atoms with Gasteiger partial charge in [-0.05, 0) is 95.0 Å². The van der Waals surface area contributed by atoms with Gasteiger partial charge in [0.05, 0.1) is 5.41 Å². The van der Waals surface area contributed by atoms with Crippen LogP contribution in [0.2, 0.25) is 0 Å². The monoisotopic (exact) mass is 602 g/mol. The summed E-state index contributed by atoms with van der Waals surface area (Å²) in [5.41, 5.74) is 5.24. The number of fused-ring (bicyclic) bond motifs is 6. The van der Waals surface area contributed by atoms with Crippen LogP contribution in [0.5, 0.6) is 0 Å². The summed E-state index contributed by atoms with van der Waals surface area (Å²) in [4.78, 5) is 2.92. The van der Waals surface area contributed by atoms with Crippen molar-refractivity contribution < 1.29 is 4.58 Å². The lowest BCUT2D eigenvalue weighted by molar-refractivity contribution is -0.569. The van der Waals surface area contributed by atoms with Crippen LogP contribution in [0.3, 0.4) is 0 Å². The molecular formula is C42H69N2+. The minimum Gasteiger partial charge on any atom is -0.371 e. The van der Waals surface area contributed by atoms with Gasteiger partial charge in [-0.15, -0.1) is 0 Å². The van der Waals surface area contributed by atoms with Crippen molar-refractivity contribution in [2.45, 2.75) is 163 Å². The lowest BCUT2D eigenvalue weighted by atomic mass is 9.57. The number of hydrogen-bond donors (Lipinski definition) is 0. The molecule has 5 fully saturated rings. The molecule has 0 bridgehead atoms. The quantitative estimate of drug-likeness (QED) is 0.188. The molecule has 44 heavy (non-hydrogen) atoms. The van der Waals surface area contributed by atoms with Crippen LogP contribution in [0, 0.1) is 46.3 Å². The summed E-state index contributed by atoms with van der Waals surface area (Å²) in [5.74, 6) is 5.55. The molecule has 0 radical (unpaired) electrons. The maximum absolute atomic E-state index is 2.92. The molecule has 0 aromatic rings. The summed E-state index contributed by atoms with van der Waals surface area (Å²) in [6.45, 7) is 20.0. The van der Waals surface area contributed by atoms with Gasteiger partial charge in [0, 0.05) is 48.5 Å². The molecule has 0 spiro atoms. The minimum absolute atomic E-state index is 0.269. The highest BCUT2D eigenvalue weighted by Crippen LogP contribution is 2.59. The molecule has 1 saturated heterocycles. The van der Waals surface area contributed by atoms with Crippen LogP contribution in [0.25, 0.3) is 0 Å².